The minimum Gasteiger partial charge on any atom is -0.508 e. The maximum absolute atomic E-state index is 8.63. The Morgan fingerprint density at radius 3 is 1.18 bits per heavy atom. The van der Waals surface area contributed by atoms with Crippen molar-refractivity contribution in [2.75, 3.05) is 0 Å². The molecule has 0 aliphatic carbocycles. The van der Waals surface area contributed by atoms with Gasteiger partial charge in [0.05, 0.1) is 0 Å². The summed E-state index contributed by atoms with van der Waals surface area (Å²) in [6, 6.07) is 28.8. The summed E-state index contributed by atoms with van der Waals surface area (Å²) < 4.78 is 0. The predicted octanol–water partition coefficient (Wildman–Crippen LogP) is 5.48. The Labute approximate surface area is 145 Å². The average molecular weight is 331 g/mol. The number of phenols is 1. The lowest BCUT2D eigenvalue weighted by atomic mass is 10.2. The van der Waals surface area contributed by atoms with Gasteiger partial charge in [-0.1, -0.05) is 72.3 Å². The Morgan fingerprint density at radius 1 is 0.636 bits per heavy atom. The fourth-order valence-corrected chi connectivity index (χ4v) is 1.56. The zero-order chi connectivity index (χ0) is 15.3. The highest BCUT2D eigenvalue weighted by molar-refractivity contribution is 7.80. The third-order valence-corrected chi connectivity index (χ3v) is 2.75. The van der Waals surface area contributed by atoms with Gasteiger partial charge in [0, 0.05) is 4.90 Å². The van der Waals surface area contributed by atoms with E-state index in [1.54, 1.807) is 24.3 Å². The standard InChI is InChI=1S/C7H8.C6H6O.C6H6S.H2S/c1-7-5-3-2-4-6-7;2*7-6-4-2-1-3-5-6;/h2-6H,1H3;2*1-5,7H;1H2. The van der Waals surface area contributed by atoms with Gasteiger partial charge in [0.25, 0.3) is 0 Å². The second-order valence-corrected chi connectivity index (χ2v) is 4.84. The summed E-state index contributed by atoms with van der Waals surface area (Å²) in [7, 11) is 0. The van der Waals surface area contributed by atoms with Crippen molar-refractivity contribution in [2.24, 2.45) is 0 Å². The lowest BCUT2D eigenvalue weighted by Gasteiger charge is -1.82. The van der Waals surface area contributed by atoms with Gasteiger partial charge in [-0.25, -0.2) is 0 Å². The van der Waals surface area contributed by atoms with E-state index in [1.807, 2.05) is 54.6 Å². The summed E-state index contributed by atoms with van der Waals surface area (Å²) in [4.78, 5) is 1.02. The number of thiol groups is 1. The first-order valence-corrected chi connectivity index (χ1v) is 7.13. The van der Waals surface area contributed by atoms with Crippen LogP contribution in [0.5, 0.6) is 5.75 Å². The molecule has 3 rings (SSSR count). The number of benzene rings is 3. The molecule has 0 atom stereocenters. The van der Waals surface area contributed by atoms with Crippen molar-refractivity contribution in [3.8, 4) is 5.75 Å². The zero-order valence-corrected chi connectivity index (χ0v) is 14.4. The summed E-state index contributed by atoms with van der Waals surface area (Å²) in [6.07, 6.45) is 0. The summed E-state index contributed by atoms with van der Waals surface area (Å²) in [5.41, 5.74) is 1.32. The van der Waals surface area contributed by atoms with Gasteiger partial charge in [0.15, 0.2) is 0 Å². The van der Waals surface area contributed by atoms with Crippen LogP contribution in [0.15, 0.2) is 95.9 Å². The smallest absolute Gasteiger partial charge is 0.115 e. The molecule has 0 amide bonds. The molecule has 1 nitrogen and oxygen atoms in total. The molecule has 0 saturated carbocycles. The number of rotatable bonds is 0. The maximum atomic E-state index is 8.63. The maximum Gasteiger partial charge on any atom is 0.115 e. The lowest BCUT2D eigenvalue weighted by Crippen LogP contribution is -1.62. The molecule has 3 aromatic carbocycles. The fraction of sp³-hybridized carbons (Fsp3) is 0.0526. The van der Waals surface area contributed by atoms with Crippen molar-refractivity contribution in [3.63, 3.8) is 0 Å². The van der Waals surface area contributed by atoms with Crippen LogP contribution in [0.3, 0.4) is 0 Å². The molecule has 0 aliphatic heterocycles. The van der Waals surface area contributed by atoms with E-state index in [4.69, 9.17) is 5.11 Å². The molecule has 0 heterocycles. The van der Waals surface area contributed by atoms with Crippen molar-refractivity contribution in [2.45, 2.75) is 11.8 Å². The highest BCUT2D eigenvalue weighted by atomic mass is 32.1. The van der Waals surface area contributed by atoms with Crippen molar-refractivity contribution in [1.82, 2.24) is 0 Å². The molecule has 116 valence electrons. The molecule has 0 radical (unpaired) electrons. The van der Waals surface area contributed by atoms with Gasteiger partial charge in [0.2, 0.25) is 0 Å². The predicted molar refractivity (Wildman–Crippen MR) is 103 cm³/mol. The molecule has 0 aromatic heterocycles. The third kappa shape index (κ3) is 10.9. The monoisotopic (exact) mass is 330 g/mol. The third-order valence-electron chi connectivity index (χ3n) is 2.45. The first kappa shape index (κ1) is 20.2. The van der Waals surface area contributed by atoms with Crippen molar-refractivity contribution in [3.05, 3.63) is 96.6 Å². The van der Waals surface area contributed by atoms with Crippen LogP contribution in [0.25, 0.3) is 0 Å². The van der Waals surface area contributed by atoms with E-state index >= 15 is 0 Å². The van der Waals surface area contributed by atoms with Crippen LogP contribution in [-0.4, -0.2) is 5.11 Å². The minimum atomic E-state index is 0. The second kappa shape index (κ2) is 12.9. The van der Waals surface area contributed by atoms with Gasteiger partial charge in [-0.2, -0.15) is 13.5 Å². The number of aryl methyl sites for hydroxylation is 1. The largest absolute Gasteiger partial charge is 0.508 e. The van der Waals surface area contributed by atoms with E-state index in [-0.39, 0.29) is 13.5 Å². The summed E-state index contributed by atoms with van der Waals surface area (Å²) in [6.45, 7) is 2.08. The van der Waals surface area contributed by atoms with Gasteiger partial charge in [-0.3, -0.25) is 0 Å². The van der Waals surface area contributed by atoms with Crippen LogP contribution in [0, 0.1) is 6.92 Å². The molecule has 3 heteroatoms. The number of phenolic OH excluding ortho intramolecular Hbond substituents is 1. The van der Waals surface area contributed by atoms with Crippen LogP contribution >= 0.6 is 26.1 Å². The zero-order valence-electron chi connectivity index (χ0n) is 12.6. The number of aromatic hydroxyl groups is 1. The molecule has 0 saturated heterocycles. The van der Waals surface area contributed by atoms with Gasteiger partial charge in [0.1, 0.15) is 5.75 Å². The van der Waals surface area contributed by atoms with E-state index < -0.39 is 0 Å². The van der Waals surface area contributed by atoms with Gasteiger partial charge < -0.3 is 5.11 Å². The highest BCUT2D eigenvalue weighted by Crippen LogP contribution is 2.03. The Kier molecular flexibility index (Phi) is 11.8. The normalized spacial score (nSPS) is 8.27. The van der Waals surface area contributed by atoms with Crippen LogP contribution in [0.1, 0.15) is 5.56 Å². The topological polar surface area (TPSA) is 20.2 Å². The first-order valence-electron chi connectivity index (χ1n) is 6.68. The fourth-order valence-electron chi connectivity index (χ4n) is 1.39. The molecular weight excluding hydrogens is 308 g/mol. The molecule has 1 N–H and O–H groups in total. The molecule has 22 heavy (non-hydrogen) atoms. The van der Waals surface area contributed by atoms with E-state index in [2.05, 4.69) is 31.7 Å². The Balaban J connectivity index is 0.000000294. The van der Waals surface area contributed by atoms with Crippen LogP contribution in [0.2, 0.25) is 0 Å². The van der Waals surface area contributed by atoms with Crippen LogP contribution in [0.4, 0.5) is 0 Å². The van der Waals surface area contributed by atoms with Crippen LogP contribution in [-0.2, 0) is 0 Å². The molecular formula is C19H22OS2. The van der Waals surface area contributed by atoms with E-state index in [0.29, 0.717) is 5.75 Å². The molecule has 0 aliphatic rings. The molecule has 0 bridgehead atoms. The summed E-state index contributed by atoms with van der Waals surface area (Å²) >= 11 is 4.08. The van der Waals surface area contributed by atoms with Gasteiger partial charge in [-0.05, 0) is 31.2 Å². The molecule has 3 aromatic rings. The minimum absolute atomic E-state index is 0. The van der Waals surface area contributed by atoms with E-state index in [9.17, 15) is 0 Å². The summed E-state index contributed by atoms with van der Waals surface area (Å²) in [5.74, 6) is 0.322. The molecule has 0 unspecified atom stereocenters. The van der Waals surface area contributed by atoms with Crippen LogP contribution < -0.4 is 0 Å². The van der Waals surface area contributed by atoms with E-state index in [1.165, 1.54) is 5.56 Å². The van der Waals surface area contributed by atoms with Gasteiger partial charge in [-0.15, -0.1) is 12.6 Å². The first-order chi connectivity index (χ1) is 10.2. The number of para-hydroxylation sites is 1. The Morgan fingerprint density at radius 2 is 1.00 bits per heavy atom. The van der Waals surface area contributed by atoms with E-state index in [0.717, 1.165) is 4.90 Å². The Hall–Kier alpha value is -1.84. The van der Waals surface area contributed by atoms with Crippen molar-refractivity contribution in [1.29, 1.82) is 0 Å². The van der Waals surface area contributed by atoms with Crippen molar-refractivity contribution >= 4 is 26.1 Å². The quantitative estimate of drug-likeness (QED) is 0.523. The second-order valence-electron chi connectivity index (χ2n) is 4.33. The average Bonchev–Trinajstić information content (AvgIpc) is 2.51. The number of hydrogen-bond acceptors (Lipinski definition) is 2. The lowest BCUT2D eigenvalue weighted by molar-refractivity contribution is 0.475. The SMILES string of the molecule is Cc1ccccc1.Oc1ccccc1.S.Sc1ccccc1. The summed E-state index contributed by atoms with van der Waals surface area (Å²) in [5, 5.41) is 8.63. The Bertz CT molecular complexity index is 494. The van der Waals surface area contributed by atoms with Crippen molar-refractivity contribution < 1.29 is 5.11 Å². The number of hydrogen-bond donors (Lipinski definition) is 2. The molecule has 0 spiro atoms. The highest BCUT2D eigenvalue weighted by Gasteiger charge is 1.75. The molecule has 0 fully saturated rings. The van der Waals surface area contributed by atoms with Gasteiger partial charge >= 0.3 is 0 Å².